The third-order valence-corrected chi connectivity index (χ3v) is 10.2. The maximum Gasteiger partial charge on any atom is 0.319 e. The molecule has 11 heteroatoms. The second kappa shape index (κ2) is 21.5. The molecular formula is C36H54NO8PS. The van der Waals surface area contributed by atoms with Gasteiger partial charge >= 0.3 is 7.82 Å². The van der Waals surface area contributed by atoms with E-state index in [4.69, 9.17) is 23.3 Å². The van der Waals surface area contributed by atoms with E-state index >= 15 is 0 Å². The average molecular weight is 692 g/mol. The molecule has 3 rings (SSSR count). The summed E-state index contributed by atoms with van der Waals surface area (Å²) >= 11 is 1.59. The van der Waals surface area contributed by atoms with Gasteiger partial charge in [-0.25, -0.2) is 0 Å². The van der Waals surface area contributed by atoms with Gasteiger partial charge in [0.05, 0.1) is 18.1 Å². The lowest BCUT2D eigenvalue weighted by Crippen LogP contribution is -2.35. The molecule has 0 aliphatic rings. The van der Waals surface area contributed by atoms with E-state index in [0.717, 1.165) is 33.9 Å². The Morgan fingerprint density at radius 3 is 2.26 bits per heavy atom. The molecule has 0 fully saturated rings. The zero-order chi connectivity index (χ0) is 33.9. The molecule has 0 aliphatic carbocycles. The van der Waals surface area contributed by atoms with E-state index in [-0.39, 0.29) is 25.6 Å². The predicted molar refractivity (Wildman–Crippen MR) is 185 cm³/mol. The van der Waals surface area contributed by atoms with Gasteiger partial charge in [-0.15, -0.1) is 0 Å². The number of nitrogens with zero attached hydrogens (tertiary/aromatic N) is 1. The Kier molecular flexibility index (Phi) is 17.8. The van der Waals surface area contributed by atoms with E-state index in [9.17, 15) is 14.6 Å². The Morgan fingerprint density at radius 1 is 0.915 bits per heavy atom. The van der Waals surface area contributed by atoms with Crippen LogP contribution >= 0.6 is 19.2 Å². The molecule has 1 heterocycles. The van der Waals surface area contributed by atoms with E-state index in [0.29, 0.717) is 25.3 Å². The zero-order valence-corrected chi connectivity index (χ0v) is 30.3. The Hall–Kier alpha value is -2.46. The summed E-state index contributed by atoms with van der Waals surface area (Å²) in [4.78, 5) is 13.8. The Balaban J connectivity index is 1.40. The third kappa shape index (κ3) is 14.3. The molecule has 262 valence electrons. The number of phosphoric acid groups is 1. The van der Waals surface area contributed by atoms with Crippen LogP contribution in [-0.2, 0) is 26.8 Å². The standard InChI is InChI=1S/C36H54NO8PS/c1-5-6-7-8-9-10-11-12-13-14-23-42-34-19-16-20-35(29(34)2)43-26-33(41-4)27-44-46(39,40)45-32-18-15-17-31(24-32)25-37-28-47-36(21-22-38)30(37)3/h15-20,24,28,33,38H,5-14,21-23,25-27H2,1-4H3. The molecule has 0 bridgehead atoms. The van der Waals surface area contributed by atoms with Gasteiger partial charge in [0.2, 0.25) is 5.51 Å². The van der Waals surface area contributed by atoms with E-state index in [1.807, 2.05) is 43.6 Å². The van der Waals surface area contributed by atoms with Crippen molar-refractivity contribution in [2.45, 2.75) is 104 Å². The summed E-state index contributed by atoms with van der Waals surface area (Å²) in [6.45, 7) is 7.33. The number of methoxy groups -OCH3 is 1. The van der Waals surface area contributed by atoms with Crippen molar-refractivity contribution in [3.05, 3.63) is 69.7 Å². The third-order valence-electron chi connectivity index (χ3n) is 8.13. The van der Waals surface area contributed by atoms with Gasteiger partial charge in [-0.1, -0.05) is 94.2 Å². The summed E-state index contributed by atoms with van der Waals surface area (Å²) < 4.78 is 42.7. The number of aliphatic hydroxyl groups excluding tert-OH is 1. The van der Waals surface area contributed by atoms with Crippen molar-refractivity contribution in [3.63, 3.8) is 0 Å². The molecule has 0 saturated heterocycles. The van der Waals surface area contributed by atoms with Crippen LogP contribution in [0.3, 0.4) is 0 Å². The molecule has 2 aromatic carbocycles. The van der Waals surface area contributed by atoms with Crippen LogP contribution in [0.15, 0.2) is 48.0 Å². The van der Waals surface area contributed by atoms with Gasteiger partial charge in [0.1, 0.15) is 30.0 Å². The first-order valence-electron chi connectivity index (χ1n) is 17.0. The van der Waals surface area contributed by atoms with Crippen LogP contribution in [0.5, 0.6) is 17.2 Å². The van der Waals surface area contributed by atoms with Gasteiger partial charge in [-0.3, -0.25) is 4.57 Å². The number of benzene rings is 2. The number of rotatable bonds is 25. The minimum Gasteiger partial charge on any atom is -0.746 e. The summed E-state index contributed by atoms with van der Waals surface area (Å²) in [6.07, 6.45) is 12.7. The quantitative estimate of drug-likeness (QED) is 0.0553. The highest BCUT2D eigenvalue weighted by atomic mass is 32.1. The molecule has 1 aromatic heterocycles. The molecule has 0 spiro atoms. The number of unbranched alkanes of at least 4 members (excludes halogenated alkanes) is 9. The summed E-state index contributed by atoms with van der Waals surface area (Å²) in [5.41, 5.74) is 4.82. The smallest absolute Gasteiger partial charge is 0.319 e. The van der Waals surface area contributed by atoms with Crippen molar-refractivity contribution < 1.29 is 42.4 Å². The van der Waals surface area contributed by atoms with Crippen LogP contribution in [0.4, 0.5) is 0 Å². The normalized spacial score (nSPS) is 13.3. The average Bonchev–Trinajstić information content (AvgIpc) is 3.39. The summed E-state index contributed by atoms with van der Waals surface area (Å²) in [5, 5.41) is 9.25. The van der Waals surface area contributed by atoms with Gasteiger partial charge in [0, 0.05) is 38.2 Å². The van der Waals surface area contributed by atoms with Gasteiger partial charge in [0.25, 0.3) is 0 Å². The van der Waals surface area contributed by atoms with Gasteiger partial charge in [0.15, 0.2) is 12.2 Å². The van der Waals surface area contributed by atoms with Crippen LogP contribution in [0.25, 0.3) is 0 Å². The van der Waals surface area contributed by atoms with Crippen molar-refractivity contribution in [2.75, 3.05) is 33.5 Å². The molecule has 0 saturated carbocycles. The van der Waals surface area contributed by atoms with Crippen molar-refractivity contribution in [3.8, 4) is 17.2 Å². The van der Waals surface area contributed by atoms with Gasteiger partial charge in [-0.2, -0.15) is 4.57 Å². The number of ether oxygens (including phenoxy) is 3. The molecule has 2 unspecified atom stereocenters. The number of hydrogen-bond donors (Lipinski definition) is 1. The fourth-order valence-corrected chi connectivity index (χ4v) is 6.98. The molecule has 1 N–H and O–H groups in total. The molecule has 3 aromatic rings. The van der Waals surface area contributed by atoms with Crippen LogP contribution in [0, 0.1) is 13.8 Å². The molecule has 2 atom stereocenters. The lowest BCUT2D eigenvalue weighted by Gasteiger charge is -2.26. The fraction of sp³-hybridized carbons (Fsp3) is 0.583. The highest BCUT2D eigenvalue weighted by molar-refractivity contribution is 7.46. The summed E-state index contributed by atoms with van der Waals surface area (Å²) in [7, 11) is -3.20. The van der Waals surface area contributed by atoms with Crippen molar-refractivity contribution >= 4 is 19.2 Å². The minimum atomic E-state index is -4.68. The molecule has 9 nitrogen and oxygen atoms in total. The zero-order valence-electron chi connectivity index (χ0n) is 28.6. The number of thiazole rings is 1. The molecule has 47 heavy (non-hydrogen) atoms. The number of aromatic nitrogens is 1. The largest absolute Gasteiger partial charge is 0.746 e. The first-order valence-corrected chi connectivity index (χ1v) is 19.3. The Bertz CT molecular complexity index is 1370. The number of aliphatic hydroxyl groups is 1. The summed E-state index contributed by atoms with van der Waals surface area (Å²) in [6, 6.07) is 12.6. The molecular weight excluding hydrogens is 637 g/mol. The van der Waals surface area contributed by atoms with E-state index in [2.05, 4.69) is 11.5 Å². The van der Waals surface area contributed by atoms with Crippen molar-refractivity contribution in [1.82, 2.24) is 0 Å². The second-order valence-corrected chi connectivity index (χ2v) is 14.2. The number of hydrogen-bond acceptors (Lipinski definition) is 9. The van der Waals surface area contributed by atoms with E-state index < -0.39 is 13.9 Å². The van der Waals surface area contributed by atoms with Crippen LogP contribution in [0.2, 0.25) is 0 Å². The lowest BCUT2D eigenvalue weighted by atomic mass is 10.1. The maximum atomic E-state index is 12.7. The fourth-order valence-electron chi connectivity index (χ4n) is 5.22. The first-order chi connectivity index (χ1) is 22.8. The molecule has 0 aliphatic heterocycles. The Labute approximate surface area is 285 Å². The minimum absolute atomic E-state index is 0.0875. The van der Waals surface area contributed by atoms with Crippen molar-refractivity contribution in [2.24, 2.45) is 0 Å². The molecule has 0 amide bonds. The topological polar surface area (TPSA) is 110 Å². The first kappa shape index (κ1) is 39.0. The highest BCUT2D eigenvalue weighted by Crippen LogP contribution is 2.40. The Morgan fingerprint density at radius 2 is 1.57 bits per heavy atom. The number of phosphoric ester groups is 1. The van der Waals surface area contributed by atoms with Crippen molar-refractivity contribution in [1.29, 1.82) is 0 Å². The summed E-state index contributed by atoms with van der Waals surface area (Å²) in [5.74, 6) is 1.59. The van der Waals surface area contributed by atoms with Gasteiger partial charge < -0.3 is 33.3 Å². The predicted octanol–water partition coefficient (Wildman–Crippen LogP) is 7.49. The van der Waals surface area contributed by atoms with Crippen LogP contribution in [-0.4, -0.2) is 44.7 Å². The monoisotopic (exact) mass is 691 g/mol. The van der Waals surface area contributed by atoms with E-state index in [1.54, 1.807) is 29.5 Å². The second-order valence-electron chi connectivity index (χ2n) is 11.9. The SMILES string of the molecule is CCCCCCCCCCCCOc1cccc(OCC(COP(=O)([O-])Oc2cccc(C[n+]3csc(CCO)c3C)c2)OC)c1C. The van der Waals surface area contributed by atoms with Gasteiger partial charge in [-0.05, 0) is 37.6 Å². The molecule has 0 radical (unpaired) electrons. The lowest BCUT2D eigenvalue weighted by molar-refractivity contribution is -0.689. The van der Waals surface area contributed by atoms with Crippen LogP contribution < -0.4 is 23.5 Å². The van der Waals surface area contributed by atoms with Crippen LogP contribution in [0.1, 0.15) is 92.8 Å². The van der Waals surface area contributed by atoms with E-state index in [1.165, 1.54) is 64.9 Å². The maximum absolute atomic E-state index is 12.7. The highest BCUT2D eigenvalue weighted by Gasteiger charge is 2.19.